The molecule has 2 aromatic carbocycles. The van der Waals surface area contributed by atoms with Crippen LogP contribution in [0.1, 0.15) is 39.7 Å². The molecule has 6 nitrogen and oxygen atoms in total. The Labute approximate surface area is 180 Å². The zero-order chi connectivity index (χ0) is 21.8. The lowest BCUT2D eigenvalue weighted by atomic mass is 10.1. The average Bonchev–Trinajstić information content (AvgIpc) is 3.16. The summed E-state index contributed by atoms with van der Waals surface area (Å²) in [4.78, 5) is 30.8. The molecule has 3 rings (SSSR count). The summed E-state index contributed by atoms with van der Waals surface area (Å²) >= 11 is 1.33. The Balaban J connectivity index is 1.75. The summed E-state index contributed by atoms with van der Waals surface area (Å²) in [5, 5.41) is 2.33. The van der Waals surface area contributed by atoms with Crippen molar-refractivity contribution in [3.8, 4) is 5.75 Å². The van der Waals surface area contributed by atoms with Crippen molar-refractivity contribution in [2.75, 3.05) is 12.0 Å². The van der Waals surface area contributed by atoms with E-state index in [4.69, 9.17) is 9.47 Å². The van der Waals surface area contributed by atoms with Crippen molar-refractivity contribution in [1.82, 2.24) is 4.98 Å². The average molecular weight is 425 g/mol. The van der Waals surface area contributed by atoms with E-state index < -0.39 is 5.97 Å². The van der Waals surface area contributed by atoms with Crippen LogP contribution in [0.25, 0.3) is 0 Å². The van der Waals surface area contributed by atoms with Crippen molar-refractivity contribution in [3.63, 3.8) is 0 Å². The number of ether oxygens (including phenoxy) is 2. The standard InChI is InChI=1S/C23H24N2O4S/c1-14-6-9-20(16(3)10-14)25(17(4)26)23-24-19(13-30-23)12-29-22(27)18-8-7-15(2)21(11-18)28-5/h6-11,13H,12H2,1-5H3. The SMILES string of the molecule is COc1cc(C(=O)OCc2csc(N(C(C)=O)c3ccc(C)cc3C)n2)ccc1C. The van der Waals surface area contributed by atoms with E-state index in [1.54, 1.807) is 29.5 Å². The lowest BCUT2D eigenvalue weighted by Crippen LogP contribution is -2.23. The quantitative estimate of drug-likeness (QED) is 0.514. The Hall–Kier alpha value is -3.19. The van der Waals surface area contributed by atoms with Gasteiger partial charge in [0.15, 0.2) is 5.13 Å². The molecule has 0 aliphatic heterocycles. The highest BCUT2D eigenvalue weighted by atomic mass is 32.1. The predicted molar refractivity (Wildman–Crippen MR) is 118 cm³/mol. The maximum absolute atomic E-state index is 12.4. The van der Waals surface area contributed by atoms with E-state index in [0.717, 1.165) is 22.4 Å². The van der Waals surface area contributed by atoms with Crippen molar-refractivity contribution in [1.29, 1.82) is 0 Å². The Kier molecular flexibility index (Phi) is 6.52. The number of benzene rings is 2. The van der Waals surface area contributed by atoms with Crippen LogP contribution >= 0.6 is 11.3 Å². The number of carbonyl (C=O) groups excluding carboxylic acids is 2. The molecule has 0 radical (unpaired) electrons. The van der Waals surface area contributed by atoms with Gasteiger partial charge in [-0.25, -0.2) is 9.78 Å². The highest BCUT2D eigenvalue weighted by Crippen LogP contribution is 2.32. The molecule has 0 spiro atoms. The van der Waals surface area contributed by atoms with Gasteiger partial charge in [0.25, 0.3) is 0 Å². The zero-order valence-electron chi connectivity index (χ0n) is 17.7. The number of rotatable bonds is 6. The van der Waals surface area contributed by atoms with Crippen molar-refractivity contribution in [3.05, 3.63) is 69.7 Å². The van der Waals surface area contributed by atoms with Crippen LogP contribution in [0.4, 0.5) is 10.8 Å². The largest absolute Gasteiger partial charge is 0.496 e. The van der Waals surface area contributed by atoms with Gasteiger partial charge in [-0.05, 0) is 50.1 Å². The van der Waals surface area contributed by atoms with Crippen LogP contribution in [-0.2, 0) is 16.1 Å². The minimum atomic E-state index is -0.458. The van der Waals surface area contributed by atoms with E-state index in [-0.39, 0.29) is 12.5 Å². The van der Waals surface area contributed by atoms with Gasteiger partial charge in [-0.15, -0.1) is 11.3 Å². The highest BCUT2D eigenvalue weighted by Gasteiger charge is 2.20. The van der Waals surface area contributed by atoms with E-state index in [1.807, 2.05) is 45.0 Å². The molecule has 0 saturated carbocycles. The summed E-state index contributed by atoms with van der Waals surface area (Å²) in [7, 11) is 1.56. The third-order valence-electron chi connectivity index (χ3n) is 4.63. The van der Waals surface area contributed by atoms with Gasteiger partial charge in [0.05, 0.1) is 24.1 Å². The molecule has 0 bridgehead atoms. The lowest BCUT2D eigenvalue weighted by molar-refractivity contribution is -0.115. The van der Waals surface area contributed by atoms with Gasteiger partial charge in [0.1, 0.15) is 12.4 Å². The number of nitrogens with zero attached hydrogens (tertiary/aromatic N) is 2. The molecule has 1 aromatic heterocycles. The number of carbonyl (C=O) groups is 2. The number of amides is 1. The van der Waals surface area contributed by atoms with Gasteiger partial charge in [0, 0.05) is 12.3 Å². The number of aromatic nitrogens is 1. The smallest absolute Gasteiger partial charge is 0.338 e. The number of hydrogen-bond acceptors (Lipinski definition) is 6. The normalized spacial score (nSPS) is 10.6. The van der Waals surface area contributed by atoms with E-state index >= 15 is 0 Å². The molecule has 0 aliphatic carbocycles. The summed E-state index contributed by atoms with van der Waals surface area (Å²) in [6.07, 6.45) is 0. The highest BCUT2D eigenvalue weighted by molar-refractivity contribution is 7.14. The maximum atomic E-state index is 12.4. The summed E-state index contributed by atoms with van der Waals surface area (Å²) in [6.45, 7) is 7.40. The Morgan fingerprint density at radius 3 is 2.50 bits per heavy atom. The van der Waals surface area contributed by atoms with Gasteiger partial charge >= 0.3 is 5.97 Å². The molecular formula is C23H24N2O4S. The minimum absolute atomic E-state index is 0.0180. The minimum Gasteiger partial charge on any atom is -0.496 e. The van der Waals surface area contributed by atoms with Gasteiger partial charge in [-0.1, -0.05) is 23.8 Å². The first-order valence-electron chi connectivity index (χ1n) is 9.44. The van der Waals surface area contributed by atoms with Gasteiger partial charge in [-0.3, -0.25) is 9.69 Å². The van der Waals surface area contributed by atoms with Gasteiger partial charge in [0.2, 0.25) is 5.91 Å². The molecule has 7 heteroatoms. The number of esters is 1. The number of thiazole rings is 1. The molecule has 1 heterocycles. The molecule has 0 atom stereocenters. The summed E-state index contributed by atoms with van der Waals surface area (Å²) in [5.41, 5.74) is 4.83. The Morgan fingerprint density at radius 1 is 1.07 bits per heavy atom. The molecule has 0 N–H and O–H groups in total. The first kappa shape index (κ1) is 21.5. The van der Waals surface area contributed by atoms with Crippen LogP contribution in [0.2, 0.25) is 0 Å². The molecule has 0 fully saturated rings. The molecular weight excluding hydrogens is 400 g/mol. The Bertz CT molecular complexity index is 1090. The van der Waals surface area contributed by atoms with Crippen LogP contribution in [-0.4, -0.2) is 24.0 Å². The maximum Gasteiger partial charge on any atom is 0.338 e. The lowest BCUT2D eigenvalue weighted by Gasteiger charge is -2.20. The second kappa shape index (κ2) is 9.09. The number of methoxy groups -OCH3 is 1. The second-order valence-corrected chi connectivity index (χ2v) is 7.86. The van der Waals surface area contributed by atoms with Crippen molar-refractivity contribution >= 4 is 34.0 Å². The van der Waals surface area contributed by atoms with Crippen LogP contribution in [0.5, 0.6) is 5.75 Å². The number of anilines is 2. The second-order valence-electron chi connectivity index (χ2n) is 7.03. The molecule has 30 heavy (non-hydrogen) atoms. The third kappa shape index (κ3) is 4.68. The molecule has 0 saturated heterocycles. The predicted octanol–water partition coefficient (Wildman–Crippen LogP) is 5.12. The molecule has 0 aliphatic rings. The number of aryl methyl sites for hydroxylation is 3. The van der Waals surface area contributed by atoms with E-state index in [9.17, 15) is 9.59 Å². The van der Waals surface area contributed by atoms with Crippen LogP contribution in [0, 0.1) is 20.8 Å². The van der Waals surface area contributed by atoms with Crippen molar-refractivity contribution < 1.29 is 19.1 Å². The molecule has 156 valence electrons. The van der Waals surface area contributed by atoms with Crippen molar-refractivity contribution in [2.45, 2.75) is 34.3 Å². The topological polar surface area (TPSA) is 68.7 Å². The van der Waals surface area contributed by atoms with Crippen LogP contribution < -0.4 is 9.64 Å². The third-order valence-corrected chi connectivity index (χ3v) is 5.51. The van der Waals surface area contributed by atoms with Gasteiger partial charge in [-0.2, -0.15) is 0 Å². The Morgan fingerprint density at radius 2 is 1.83 bits per heavy atom. The van der Waals surface area contributed by atoms with Crippen LogP contribution in [0.15, 0.2) is 41.8 Å². The van der Waals surface area contributed by atoms with E-state index in [0.29, 0.717) is 22.1 Å². The first-order chi connectivity index (χ1) is 14.3. The van der Waals surface area contributed by atoms with Gasteiger partial charge < -0.3 is 9.47 Å². The summed E-state index contributed by atoms with van der Waals surface area (Å²) in [6, 6.07) is 11.1. The van der Waals surface area contributed by atoms with E-state index in [1.165, 1.54) is 18.3 Å². The monoisotopic (exact) mass is 424 g/mol. The molecule has 0 unspecified atom stereocenters. The number of hydrogen-bond donors (Lipinski definition) is 0. The van der Waals surface area contributed by atoms with E-state index in [2.05, 4.69) is 4.98 Å². The van der Waals surface area contributed by atoms with Crippen molar-refractivity contribution in [2.24, 2.45) is 0 Å². The fraction of sp³-hybridized carbons (Fsp3) is 0.261. The first-order valence-corrected chi connectivity index (χ1v) is 10.3. The zero-order valence-corrected chi connectivity index (χ0v) is 18.5. The summed E-state index contributed by atoms with van der Waals surface area (Å²) in [5.74, 6) is 0.0400. The molecule has 1 amide bonds. The fourth-order valence-electron chi connectivity index (χ4n) is 3.10. The molecule has 3 aromatic rings. The summed E-state index contributed by atoms with van der Waals surface area (Å²) < 4.78 is 10.7. The van der Waals surface area contributed by atoms with Crippen LogP contribution in [0.3, 0.4) is 0 Å². The fourth-order valence-corrected chi connectivity index (χ4v) is 3.96.